The van der Waals surface area contributed by atoms with Crippen molar-refractivity contribution in [2.24, 2.45) is 0 Å². The van der Waals surface area contributed by atoms with Gasteiger partial charge in [0, 0.05) is 10.6 Å². The van der Waals surface area contributed by atoms with Gasteiger partial charge in [-0.05, 0) is 6.07 Å². The van der Waals surface area contributed by atoms with Gasteiger partial charge in [-0.2, -0.15) is 8.78 Å². The van der Waals surface area contributed by atoms with E-state index in [0.717, 1.165) is 0 Å². The van der Waals surface area contributed by atoms with Crippen LogP contribution in [0.15, 0.2) is 24.3 Å². The summed E-state index contributed by atoms with van der Waals surface area (Å²) in [6.45, 7) is 0. The normalized spacial score (nSPS) is 13.1. The number of hydrogen-bond acceptors (Lipinski definition) is 2. The Morgan fingerprint density at radius 1 is 1.25 bits per heavy atom. The fourth-order valence-corrected chi connectivity index (χ4v) is 1.55. The number of rotatable bonds is 5. The lowest BCUT2D eigenvalue weighted by molar-refractivity contribution is -0.171. The first kappa shape index (κ1) is 16.2. The van der Waals surface area contributed by atoms with Crippen LogP contribution in [0.5, 0.6) is 0 Å². The summed E-state index contributed by atoms with van der Waals surface area (Å²) in [5, 5.41) is 10.1. The molecule has 0 bridgehead atoms. The number of hydrogen-bond donors (Lipinski definition) is 2. The maximum Gasteiger partial charge on any atom is 0.383 e. The number of aliphatic carboxylic acids is 1. The van der Waals surface area contributed by atoms with Gasteiger partial charge >= 0.3 is 18.3 Å². The molecule has 110 valence electrons. The minimum atomic E-state index is -4.99. The van der Waals surface area contributed by atoms with E-state index in [2.05, 4.69) is 0 Å². The zero-order valence-electron chi connectivity index (χ0n) is 9.62. The Kier molecular flexibility index (Phi) is 4.93. The number of nitrogens with one attached hydrogen (secondary N) is 1. The molecule has 20 heavy (non-hydrogen) atoms. The standard InChI is InChI=1S/C11H8ClF4NO3/c12-6-4-2-1-3-5(6)7(8(18)19)17-10(20)11(15,16)9(13)14/h1-4,7,9H,(H,17,20)(H,18,19)/t7-/m1/s1. The molecule has 0 fully saturated rings. The van der Waals surface area contributed by atoms with Crippen LogP contribution in [0.3, 0.4) is 0 Å². The number of carboxylic acid groups (broad SMARTS) is 1. The number of halogens is 5. The summed E-state index contributed by atoms with van der Waals surface area (Å²) in [6.07, 6.45) is -4.25. The minimum absolute atomic E-state index is 0.111. The predicted molar refractivity (Wildman–Crippen MR) is 60.9 cm³/mol. The van der Waals surface area contributed by atoms with E-state index in [0.29, 0.717) is 0 Å². The van der Waals surface area contributed by atoms with E-state index in [1.807, 2.05) is 0 Å². The average molecular weight is 314 g/mol. The van der Waals surface area contributed by atoms with Gasteiger partial charge in [-0.25, -0.2) is 13.6 Å². The molecule has 0 spiro atoms. The summed E-state index contributed by atoms with van der Waals surface area (Å²) in [5.41, 5.74) is -0.194. The first-order chi connectivity index (χ1) is 9.17. The number of amides is 1. The zero-order chi connectivity index (χ0) is 15.5. The van der Waals surface area contributed by atoms with E-state index < -0.39 is 30.3 Å². The highest BCUT2D eigenvalue weighted by Crippen LogP contribution is 2.27. The second-order valence-corrected chi connectivity index (χ2v) is 4.10. The SMILES string of the molecule is O=C(O)[C@H](NC(=O)C(F)(F)C(F)F)c1ccccc1Cl. The smallest absolute Gasteiger partial charge is 0.383 e. The molecule has 2 N–H and O–H groups in total. The molecular weight excluding hydrogens is 306 g/mol. The monoisotopic (exact) mass is 313 g/mol. The molecule has 0 aliphatic rings. The Morgan fingerprint density at radius 3 is 2.25 bits per heavy atom. The quantitative estimate of drug-likeness (QED) is 0.821. The Labute approximate surface area is 115 Å². The minimum Gasteiger partial charge on any atom is -0.479 e. The summed E-state index contributed by atoms with van der Waals surface area (Å²) >= 11 is 5.67. The summed E-state index contributed by atoms with van der Waals surface area (Å²) in [7, 11) is 0. The zero-order valence-corrected chi connectivity index (χ0v) is 10.4. The Morgan fingerprint density at radius 2 is 1.80 bits per heavy atom. The Hall–Kier alpha value is -1.83. The third kappa shape index (κ3) is 3.38. The fraction of sp³-hybridized carbons (Fsp3) is 0.273. The number of carboxylic acids is 1. The second-order valence-electron chi connectivity index (χ2n) is 3.69. The highest BCUT2D eigenvalue weighted by Gasteiger charge is 2.50. The van der Waals surface area contributed by atoms with Crippen LogP contribution in [-0.4, -0.2) is 29.3 Å². The van der Waals surface area contributed by atoms with Crippen LogP contribution >= 0.6 is 11.6 Å². The molecule has 9 heteroatoms. The molecular formula is C11H8ClF4NO3. The van der Waals surface area contributed by atoms with Crippen molar-refractivity contribution in [2.45, 2.75) is 18.4 Å². The van der Waals surface area contributed by atoms with Crippen molar-refractivity contribution < 1.29 is 32.3 Å². The highest BCUT2D eigenvalue weighted by molar-refractivity contribution is 6.31. The molecule has 1 amide bonds. The molecule has 0 saturated carbocycles. The number of carbonyl (C=O) groups is 2. The van der Waals surface area contributed by atoms with Gasteiger partial charge in [0.05, 0.1) is 0 Å². The molecule has 1 rings (SSSR count). The van der Waals surface area contributed by atoms with Crippen molar-refractivity contribution in [2.75, 3.05) is 0 Å². The number of benzene rings is 1. The van der Waals surface area contributed by atoms with Gasteiger partial charge in [-0.15, -0.1) is 0 Å². The van der Waals surface area contributed by atoms with Crippen molar-refractivity contribution in [3.63, 3.8) is 0 Å². The van der Waals surface area contributed by atoms with Crippen LogP contribution < -0.4 is 5.32 Å². The second kappa shape index (κ2) is 6.08. The molecule has 1 atom stereocenters. The van der Waals surface area contributed by atoms with Gasteiger partial charge in [0.2, 0.25) is 0 Å². The molecule has 0 aliphatic heterocycles. The summed E-state index contributed by atoms with van der Waals surface area (Å²) < 4.78 is 49.6. The highest BCUT2D eigenvalue weighted by atomic mass is 35.5. The van der Waals surface area contributed by atoms with Gasteiger partial charge in [0.25, 0.3) is 5.91 Å². The molecule has 1 aromatic rings. The van der Waals surface area contributed by atoms with Crippen molar-refractivity contribution >= 4 is 23.5 Å². The van der Waals surface area contributed by atoms with E-state index in [9.17, 15) is 27.2 Å². The maximum atomic E-state index is 12.8. The van der Waals surface area contributed by atoms with Crippen molar-refractivity contribution in [3.8, 4) is 0 Å². The topological polar surface area (TPSA) is 66.4 Å². The van der Waals surface area contributed by atoms with Crippen LogP contribution in [0.2, 0.25) is 5.02 Å². The summed E-state index contributed by atoms with van der Waals surface area (Å²) in [4.78, 5) is 22.0. The van der Waals surface area contributed by atoms with Crippen molar-refractivity contribution in [1.82, 2.24) is 5.32 Å². The summed E-state index contributed by atoms with van der Waals surface area (Å²) in [5.74, 6) is -9.09. The van der Waals surface area contributed by atoms with E-state index >= 15 is 0 Å². The van der Waals surface area contributed by atoms with E-state index in [1.165, 1.54) is 29.6 Å². The van der Waals surface area contributed by atoms with Crippen LogP contribution in [0.25, 0.3) is 0 Å². The molecule has 0 aliphatic carbocycles. The molecule has 0 aromatic heterocycles. The van der Waals surface area contributed by atoms with Crippen molar-refractivity contribution in [3.05, 3.63) is 34.9 Å². The van der Waals surface area contributed by atoms with Gasteiger partial charge < -0.3 is 10.4 Å². The molecule has 4 nitrogen and oxygen atoms in total. The van der Waals surface area contributed by atoms with Gasteiger partial charge in [-0.3, -0.25) is 4.79 Å². The van der Waals surface area contributed by atoms with Gasteiger partial charge in [-0.1, -0.05) is 29.8 Å². The molecule has 0 heterocycles. The van der Waals surface area contributed by atoms with Crippen LogP contribution in [0.1, 0.15) is 11.6 Å². The molecule has 0 saturated heterocycles. The maximum absolute atomic E-state index is 12.8. The van der Waals surface area contributed by atoms with E-state index in [-0.39, 0.29) is 10.6 Å². The largest absolute Gasteiger partial charge is 0.479 e. The van der Waals surface area contributed by atoms with E-state index in [4.69, 9.17) is 16.7 Å². The van der Waals surface area contributed by atoms with Crippen LogP contribution in [0.4, 0.5) is 17.6 Å². The first-order valence-electron chi connectivity index (χ1n) is 5.12. The molecule has 0 unspecified atom stereocenters. The fourth-order valence-electron chi connectivity index (χ4n) is 1.31. The van der Waals surface area contributed by atoms with Crippen LogP contribution in [-0.2, 0) is 9.59 Å². The lowest BCUT2D eigenvalue weighted by Gasteiger charge is -2.20. The lowest BCUT2D eigenvalue weighted by atomic mass is 10.1. The van der Waals surface area contributed by atoms with Gasteiger partial charge in [0.1, 0.15) is 0 Å². The first-order valence-corrected chi connectivity index (χ1v) is 5.50. The summed E-state index contributed by atoms with van der Waals surface area (Å²) in [6, 6.07) is 3.28. The van der Waals surface area contributed by atoms with E-state index in [1.54, 1.807) is 0 Å². The molecule has 1 aromatic carbocycles. The van der Waals surface area contributed by atoms with Gasteiger partial charge in [0.15, 0.2) is 6.04 Å². The lowest BCUT2D eigenvalue weighted by Crippen LogP contribution is -2.48. The van der Waals surface area contributed by atoms with Crippen molar-refractivity contribution in [1.29, 1.82) is 0 Å². The Bertz CT molecular complexity index is 524. The number of carbonyl (C=O) groups excluding carboxylic acids is 1. The third-order valence-corrected chi connectivity index (χ3v) is 2.66. The number of alkyl halides is 4. The Balaban J connectivity index is 3.04. The van der Waals surface area contributed by atoms with Crippen LogP contribution in [0, 0.1) is 0 Å². The average Bonchev–Trinajstić information content (AvgIpc) is 2.36. The molecule has 0 radical (unpaired) electrons. The predicted octanol–water partition coefficient (Wildman–Crippen LogP) is 2.48. The third-order valence-electron chi connectivity index (χ3n) is 2.32.